The lowest BCUT2D eigenvalue weighted by molar-refractivity contribution is -0.131. The highest BCUT2D eigenvalue weighted by Gasteiger charge is 2.36. The van der Waals surface area contributed by atoms with Gasteiger partial charge in [0.15, 0.2) is 0 Å². The molecule has 0 aromatic heterocycles. The average Bonchev–Trinajstić information content (AvgIpc) is 3.15. The zero-order chi connectivity index (χ0) is 19.8. The van der Waals surface area contributed by atoms with E-state index in [9.17, 15) is 14.4 Å². The summed E-state index contributed by atoms with van der Waals surface area (Å²) in [6.45, 7) is 4.62. The Hall–Kier alpha value is -2.57. The number of ether oxygens (including phenoxy) is 1. The van der Waals surface area contributed by atoms with Gasteiger partial charge in [0.1, 0.15) is 18.7 Å². The Morgan fingerprint density at radius 1 is 1.22 bits per heavy atom. The molecule has 7 nitrogen and oxygen atoms in total. The standard InChI is InChI=1S/C20H29N3O4/c1-14(2)12-16(18(24)21-3)22-19(25)17-10-7-11-23(17)20(26)27-13-15-8-5-4-6-9-15/h4-6,8-9,14,16-17H,7,10-13H2,1-3H3,(H,21,24)(H,22,25)/t16-,17-/m0/s1. The first-order valence-corrected chi connectivity index (χ1v) is 9.41. The van der Waals surface area contributed by atoms with E-state index in [1.54, 1.807) is 7.05 Å². The molecule has 1 aliphatic heterocycles. The van der Waals surface area contributed by atoms with Crippen molar-refractivity contribution in [1.29, 1.82) is 0 Å². The van der Waals surface area contributed by atoms with Crippen LogP contribution in [0.3, 0.4) is 0 Å². The van der Waals surface area contributed by atoms with Crippen LogP contribution < -0.4 is 10.6 Å². The minimum Gasteiger partial charge on any atom is -0.445 e. The summed E-state index contributed by atoms with van der Waals surface area (Å²) < 4.78 is 5.36. The van der Waals surface area contributed by atoms with Gasteiger partial charge in [0, 0.05) is 13.6 Å². The van der Waals surface area contributed by atoms with Crippen LogP contribution in [0.15, 0.2) is 30.3 Å². The molecule has 3 amide bonds. The number of hydrogen-bond acceptors (Lipinski definition) is 4. The lowest BCUT2D eigenvalue weighted by atomic mass is 10.0. The molecule has 2 atom stereocenters. The van der Waals surface area contributed by atoms with Gasteiger partial charge in [0.05, 0.1) is 0 Å². The van der Waals surface area contributed by atoms with Gasteiger partial charge in [0.25, 0.3) is 0 Å². The van der Waals surface area contributed by atoms with Crippen LogP contribution in [0.25, 0.3) is 0 Å². The summed E-state index contributed by atoms with van der Waals surface area (Å²) in [7, 11) is 1.55. The fourth-order valence-corrected chi connectivity index (χ4v) is 3.21. The molecule has 0 unspecified atom stereocenters. The van der Waals surface area contributed by atoms with Gasteiger partial charge in [-0.3, -0.25) is 14.5 Å². The third-order valence-corrected chi connectivity index (χ3v) is 4.58. The predicted molar refractivity (Wildman–Crippen MR) is 102 cm³/mol. The maximum absolute atomic E-state index is 12.7. The molecule has 7 heteroatoms. The zero-order valence-corrected chi connectivity index (χ0v) is 16.2. The number of likely N-dealkylation sites (tertiary alicyclic amines) is 1. The average molecular weight is 375 g/mol. The highest BCUT2D eigenvalue weighted by Crippen LogP contribution is 2.20. The first-order chi connectivity index (χ1) is 12.9. The van der Waals surface area contributed by atoms with Crippen LogP contribution in [0.1, 0.15) is 38.7 Å². The molecule has 1 fully saturated rings. The summed E-state index contributed by atoms with van der Waals surface area (Å²) >= 11 is 0. The molecule has 1 aromatic carbocycles. The third-order valence-electron chi connectivity index (χ3n) is 4.58. The van der Waals surface area contributed by atoms with E-state index in [1.165, 1.54) is 4.90 Å². The number of rotatable bonds is 7. The Morgan fingerprint density at radius 3 is 2.56 bits per heavy atom. The van der Waals surface area contributed by atoms with Crippen LogP contribution in [0.5, 0.6) is 0 Å². The number of carbonyl (C=O) groups is 3. The minimum absolute atomic E-state index is 0.165. The van der Waals surface area contributed by atoms with Crippen LogP contribution in [-0.2, 0) is 20.9 Å². The number of benzene rings is 1. The van der Waals surface area contributed by atoms with Crippen molar-refractivity contribution in [1.82, 2.24) is 15.5 Å². The van der Waals surface area contributed by atoms with Crippen LogP contribution >= 0.6 is 0 Å². The molecule has 0 saturated carbocycles. The van der Waals surface area contributed by atoms with Gasteiger partial charge in [-0.25, -0.2) is 4.79 Å². The van der Waals surface area contributed by atoms with Gasteiger partial charge in [-0.15, -0.1) is 0 Å². The first-order valence-electron chi connectivity index (χ1n) is 9.41. The third kappa shape index (κ3) is 5.98. The predicted octanol–water partition coefficient (Wildman–Crippen LogP) is 2.06. The monoisotopic (exact) mass is 375 g/mol. The topological polar surface area (TPSA) is 87.7 Å². The smallest absolute Gasteiger partial charge is 0.410 e. The lowest BCUT2D eigenvalue weighted by Gasteiger charge is -2.26. The van der Waals surface area contributed by atoms with Gasteiger partial charge in [-0.2, -0.15) is 0 Å². The Labute approximate surface area is 160 Å². The van der Waals surface area contributed by atoms with Gasteiger partial charge in [-0.1, -0.05) is 44.2 Å². The van der Waals surface area contributed by atoms with Crippen LogP contribution in [-0.4, -0.2) is 48.5 Å². The molecule has 2 N–H and O–H groups in total. The summed E-state index contributed by atoms with van der Waals surface area (Å²) in [4.78, 5) is 38.6. The molecule has 0 aliphatic carbocycles. The van der Waals surface area contributed by atoms with E-state index in [4.69, 9.17) is 4.74 Å². The molecular formula is C20H29N3O4. The summed E-state index contributed by atoms with van der Waals surface area (Å²) in [5.41, 5.74) is 0.891. The number of likely N-dealkylation sites (N-methyl/N-ethyl adjacent to an activating group) is 1. The number of carbonyl (C=O) groups excluding carboxylic acids is 3. The van der Waals surface area contributed by atoms with Crippen molar-refractivity contribution in [3.05, 3.63) is 35.9 Å². The molecule has 0 spiro atoms. The second-order valence-corrected chi connectivity index (χ2v) is 7.20. The van der Waals surface area contributed by atoms with E-state index in [2.05, 4.69) is 10.6 Å². The molecule has 1 aliphatic rings. The number of nitrogens with zero attached hydrogens (tertiary/aromatic N) is 1. The Balaban J connectivity index is 1.95. The molecule has 0 bridgehead atoms. The van der Waals surface area contributed by atoms with Crippen molar-refractivity contribution in [2.45, 2.75) is 51.8 Å². The Kier molecular flexibility index (Phi) is 7.64. The summed E-state index contributed by atoms with van der Waals surface area (Å²) in [6, 6.07) is 8.19. The summed E-state index contributed by atoms with van der Waals surface area (Å²) in [5, 5.41) is 5.38. The van der Waals surface area contributed by atoms with Crippen molar-refractivity contribution in [3.8, 4) is 0 Å². The molecule has 148 valence electrons. The summed E-state index contributed by atoms with van der Waals surface area (Å²) in [5.74, 6) is -0.283. The van der Waals surface area contributed by atoms with Crippen LogP contribution in [0.2, 0.25) is 0 Å². The second kappa shape index (κ2) is 9.94. The van der Waals surface area contributed by atoms with Gasteiger partial charge in [0.2, 0.25) is 11.8 Å². The van der Waals surface area contributed by atoms with E-state index in [0.717, 1.165) is 12.0 Å². The molecule has 1 aromatic rings. The molecule has 0 radical (unpaired) electrons. The zero-order valence-electron chi connectivity index (χ0n) is 16.2. The highest BCUT2D eigenvalue weighted by molar-refractivity contribution is 5.91. The van der Waals surface area contributed by atoms with Crippen molar-refractivity contribution in [2.75, 3.05) is 13.6 Å². The Morgan fingerprint density at radius 2 is 1.93 bits per heavy atom. The molecule has 1 saturated heterocycles. The lowest BCUT2D eigenvalue weighted by Crippen LogP contribution is -2.53. The van der Waals surface area contributed by atoms with Crippen molar-refractivity contribution in [2.24, 2.45) is 5.92 Å². The normalized spacial score (nSPS) is 17.5. The largest absolute Gasteiger partial charge is 0.445 e. The quantitative estimate of drug-likeness (QED) is 0.764. The van der Waals surface area contributed by atoms with Crippen LogP contribution in [0, 0.1) is 5.92 Å². The number of amides is 3. The number of hydrogen-bond donors (Lipinski definition) is 2. The fourth-order valence-electron chi connectivity index (χ4n) is 3.21. The van der Waals surface area contributed by atoms with E-state index < -0.39 is 18.2 Å². The van der Waals surface area contributed by atoms with E-state index in [1.807, 2.05) is 44.2 Å². The minimum atomic E-state index is -0.606. The van der Waals surface area contributed by atoms with Crippen molar-refractivity contribution in [3.63, 3.8) is 0 Å². The summed E-state index contributed by atoms with van der Waals surface area (Å²) in [6.07, 6.45) is 1.33. The van der Waals surface area contributed by atoms with Crippen molar-refractivity contribution >= 4 is 17.9 Å². The highest BCUT2D eigenvalue weighted by atomic mass is 16.6. The molecule has 27 heavy (non-hydrogen) atoms. The fraction of sp³-hybridized carbons (Fsp3) is 0.550. The maximum Gasteiger partial charge on any atom is 0.410 e. The van der Waals surface area contributed by atoms with Gasteiger partial charge >= 0.3 is 6.09 Å². The number of nitrogens with one attached hydrogen (secondary N) is 2. The van der Waals surface area contributed by atoms with Crippen LogP contribution in [0.4, 0.5) is 4.79 Å². The van der Waals surface area contributed by atoms with E-state index in [0.29, 0.717) is 19.4 Å². The molecule has 2 rings (SSSR count). The van der Waals surface area contributed by atoms with Gasteiger partial charge < -0.3 is 15.4 Å². The SMILES string of the molecule is CNC(=O)[C@H](CC(C)C)NC(=O)[C@@H]1CCCN1C(=O)OCc1ccccc1. The molecule has 1 heterocycles. The first kappa shape index (κ1) is 20.7. The second-order valence-electron chi connectivity index (χ2n) is 7.20. The molecular weight excluding hydrogens is 346 g/mol. The van der Waals surface area contributed by atoms with Gasteiger partial charge in [-0.05, 0) is 30.7 Å². The van der Waals surface area contributed by atoms with Crippen molar-refractivity contribution < 1.29 is 19.1 Å². The van der Waals surface area contributed by atoms with E-state index >= 15 is 0 Å². The maximum atomic E-state index is 12.7. The Bertz CT molecular complexity index is 648. The van der Waals surface area contributed by atoms with E-state index in [-0.39, 0.29) is 24.3 Å².